The first-order valence-electron chi connectivity index (χ1n) is 10.6. The summed E-state index contributed by atoms with van der Waals surface area (Å²) in [5, 5.41) is 13.1. The number of thiocarbonyl (C=S) groups is 1. The molecule has 0 unspecified atom stereocenters. The smallest absolute Gasteiger partial charge is 0.280 e. The maximum atomic E-state index is 13.2. The minimum atomic E-state index is -2.73. The summed E-state index contributed by atoms with van der Waals surface area (Å²) >= 11 is 6.47. The minimum Gasteiger partial charge on any atom is -0.496 e. The molecule has 1 N–H and O–H groups in total. The molecule has 1 aliphatic rings. The quantitative estimate of drug-likeness (QED) is 0.281. The van der Waals surface area contributed by atoms with Crippen LogP contribution in [0.4, 0.5) is 8.78 Å². The second-order valence-corrected chi connectivity index (χ2v) is 8.97. The average molecular weight is 503 g/mol. The fourth-order valence-electron chi connectivity index (χ4n) is 3.43. The standard InChI is InChI=1S/C24H24F2N4O2S2/c1-4-5-8-30-23(31)19(29-24(30)33)11-15-6-7-20(32-3)16(10-15)13-34-22-17(12-27)14(2)9-18(28-22)21(25)26/h6-7,9-11,21H,4-5,8,13H2,1-3H3,(H,29,33)/b19-11+. The number of nitrogens with one attached hydrogen (secondary N) is 1. The van der Waals surface area contributed by atoms with Crippen molar-refractivity contribution in [3.05, 3.63) is 57.9 Å². The van der Waals surface area contributed by atoms with Crippen LogP contribution in [0, 0.1) is 18.3 Å². The number of pyridine rings is 1. The molecule has 2 heterocycles. The number of carbonyl (C=O) groups is 1. The summed E-state index contributed by atoms with van der Waals surface area (Å²) in [6, 6.07) is 8.72. The van der Waals surface area contributed by atoms with Crippen molar-refractivity contribution < 1.29 is 18.3 Å². The Morgan fingerprint density at radius 1 is 1.38 bits per heavy atom. The van der Waals surface area contributed by atoms with Crippen LogP contribution in [0.1, 0.15) is 54.1 Å². The zero-order valence-corrected chi connectivity index (χ0v) is 20.7. The van der Waals surface area contributed by atoms with E-state index in [1.807, 2.05) is 19.1 Å². The summed E-state index contributed by atoms with van der Waals surface area (Å²) in [5.41, 5.74) is 2.27. The summed E-state index contributed by atoms with van der Waals surface area (Å²) in [6.07, 6.45) is 0.798. The molecule has 10 heteroatoms. The molecule has 0 bridgehead atoms. The highest BCUT2D eigenvalue weighted by Crippen LogP contribution is 2.33. The van der Waals surface area contributed by atoms with Gasteiger partial charge in [0.2, 0.25) is 0 Å². The topological polar surface area (TPSA) is 78.2 Å². The Hall–Kier alpha value is -3.03. The first-order valence-corrected chi connectivity index (χ1v) is 12.0. The SMILES string of the molecule is CCCCN1C(=O)/C(=C\c2ccc(OC)c(CSc3nc(C(F)F)cc(C)c3C#N)c2)NC1=S. The molecule has 1 fully saturated rings. The number of halogens is 2. The number of aryl methyl sites for hydroxylation is 1. The number of carbonyl (C=O) groups excluding carboxylic acids is 1. The molecular weight excluding hydrogens is 478 g/mol. The highest BCUT2D eigenvalue weighted by atomic mass is 32.2. The van der Waals surface area contributed by atoms with Crippen molar-refractivity contribution in [1.82, 2.24) is 15.2 Å². The van der Waals surface area contributed by atoms with Crippen LogP contribution >= 0.6 is 24.0 Å². The van der Waals surface area contributed by atoms with Gasteiger partial charge in [-0.25, -0.2) is 13.8 Å². The van der Waals surface area contributed by atoms with E-state index in [1.54, 1.807) is 24.0 Å². The highest BCUT2D eigenvalue weighted by Gasteiger charge is 2.29. The molecule has 34 heavy (non-hydrogen) atoms. The van der Waals surface area contributed by atoms with E-state index in [4.69, 9.17) is 17.0 Å². The van der Waals surface area contributed by atoms with Crippen molar-refractivity contribution >= 4 is 41.1 Å². The van der Waals surface area contributed by atoms with Gasteiger partial charge in [0, 0.05) is 17.9 Å². The molecule has 0 aliphatic carbocycles. The lowest BCUT2D eigenvalue weighted by Gasteiger charge is -2.12. The van der Waals surface area contributed by atoms with Gasteiger partial charge in [0.25, 0.3) is 12.3 Å². The number of methoxy groups -OCH3 is 1. The lowest BCUT2D eigenvalue weighted by Crippen LogP contribution is -2.31. The molecular formula is C24H24F2N4O2S2. The molecule has 178 valence electrons. The molecule has 6 nitrogen and oxygen atoms in total. The van der Waals surface area contributed by atoms with Gasteiger partial charge < -0.3 is 10.1 Å². The Labute approximate surface area is 207 Å². The van der Waals surface area contributed by atoms with Crippen LogP contribution in [0.2, 0.25) is 0 Å². The van der Waals surface area contributed by atoms with Crippen LogP contribution in [0.5, 0.6) is 5.75 Å². The maximum Gasteiger partial charge on any atom is 0.280 e. The van der Waals surface area contributed by atoms with Crippen LogP contribution < -0.4 is 10.1 Å². The zero-order chi connectivity index (χ0) is 24.8. The number of benzene rings is 1. The number of hydrogen-bond acceptors (Lipinski definition) is 6. The fourth-order valence-corrected chi connectivity index (χ4v) is 4.75. The molecule has 1 aromatic heterocycles. The van der Waals surface area contributed by atoms with E-state index in [0.29, 0.717) is 34.4 Å². The lowest BCUT2D eigenvalue weighted by molar-refractivity contribution is -0.122. The number of amides is 1. The van der Waals surface area contributed by atoms with Crippen molar-refractivity contribution in [2.75, 3.05) is 13.7 Å². The number of thioether (sulfide) groups is 1. The van der Waals surface area contributed by atoms with Crippen LogP contribution in [-0.4, -0.2) is 34.6 Å². The predicted molar refractivity (Wildman–Crippen MR) is 132 cm³/mol. The summed E-state index contributed by atoms with van der Waals surface area (Å²) in [5.74, 6) is 0.754. The van der Waals surface area contributed by atoms with E-state index < -0.39 is 6.43 Å². The van der Waals surface area contributed by atoms with Gasteiger partial charge >= 0.3 is 0 Å². The number of ether oxygens (including phenoxy) is 1. The molecule has 0 radical (unpaired) electrons. The minimum absolute atomic E-state index is 0.174. The van der Waals surface area contributed by atoms with Crippen LogP contribution in [-0.2, 0) is 10.5 Å². The Morgan fingerprint density at radius 3 is 2.79 bits per heavy atom. The van der Waals surface area contributed by atoms with E-state index in [-0.39, 0.29) is 22.2 Å². The monoisotopic (exact) mass is 502 g/mol. The summed E-state index contributed by atoms with van der Waals surface area (Å²) in [6.45, 7) is 4.22. The maximum absolute atomic E-state index is 13.2. The van der Waals surface area contributed by atoms with Gasteiger partial charge in [-0.15, -0.1) is 11.8 Å². The molecule has 1 amide bonds. The van der Waals surface area contributed by atoms with Gasteiger partial charge in [0.15, 0.2) is 5.11 Å². The Kier molecular flexibility index (Phi) is 8.58. The second-order valence-electron chi connectivity index (χ2n) is 7.62. The van der Waals surface area contributed by atoms with Crippen LogP contribution in [0.3, 0.4) is 0 Å². The van der Waals surface area contributed by atoms with Gasteiger partial charge in [0.05, 0.1) is 12.7 Å². The number of nitrogens with zero attached hydrogens (tertiary/aromatic N) is 3. The van der Waals surface area contributed by atoms with E-state index in [1.165, 1.54) is 24.9 Å². The van der Waals surface area contributed by atoms with Crippen LogP contribution in [0.25, 0.3) is 6.08 Å². The fraction of sp³-hybridized carbons (Fsp3) is 0.333. The van der Waals surface area contributed by atoms with Crippen molar-refractivity contribution in [3.63, 3.8) is 0 Å². The third-order valence-electron chi connectivity index (χ3n) is 5.22. The first-order chi connectivity index (χ1) is 16.3. The highest BCUT2D eigenvalue weighted by molar-refractivity contribution is 7.98. The van der Waals surface area contributed by atoms with Crippen molar-refractivity contribution in [1.29, 1.82) is 5.26 Å². The molecule has 1 saturated heterocycles. The number of aromatic nitrogens is 1. The van der Waals surface area contributed by atoms with Gasteiger partial charge in [0.1, 0.15) is 28.2 Å². The molecule has 1 aliphatic heterocycles. The van der Waals surface area contributed by atoms with Crippen LogP contribution in [0.15, 0.2) is 35.0 Å². The molecule has 0 spiro atoms. The van der Waals surface area contributed by atoms with Gasteiger partial charge in [-0.1, -0.05) is 19.4 Å². The molecule has 0 atom stereocenters. The van der Waals surface area contributed by atoms with E-state index >= 15 is 0 Å². The van der Waals surface area contributed by atoms with Crippen molar-refractivity contribution in [2.24, 2.45) is 0 Å². The Bertz CT molecular complexity index is 1180. The van der Waals surface area contributed by atoms with Gasteiger partial charge in [-0.3, -0.25) is 9.69 Å². The number of nitriles is 1. The van der Waals surface area contributed by atoms with Crippen molar-refractivity contribution in [3.8, 4) is 11.8 Å². The first kappa shape index (κ1) is 25.6. The molecule has 0 saturated carbocycles. The molecule has 1 aromatic carbocycles. The number of alkyl halides is 2. The average Bonchev–Trinajstić information content (AvgIpc) is 3.07. The number of unbranched alkanes of at least 4 members (excludes halogenated alkanes) is 1. The van der Waals surface area contributed by atoms with E-state index in [0.717, 1.165) is 24.0 Å². The zero-order valence-electron chi connectivity index (χ0n) is 19.0. The van der Waals surface area contributed by atoms with E-state index in [2.05, 4.69) is 16.4 Å². The Balaban J connectivity index is 1.86. The van der Waals surface area contributed by atoms with E-state index in [9.17, 15) is 18.8 Å². The molecule has 2 aromatic rings. The van der Waals surface area contributed by atoms with Gasteiger partial charge in [-0.05, 0) is 61.0 Å². The summed E-state index contributed by atoms with van der Waals surface area (Å²) in [4.78, 5) is 18.3. The second kappa shape index (κ2) is 11.4. The number of rotatable bonds is 9. The predicted octanol–water partition coefficient (Wildman–Crippen LogP) is 5.36. The third-order valence-corrected chi connectivity index (χ3v) is 6.56. The largest absolute Gasteiger partial charge is 0.496 e. The third kappa shape index (κ3) is 5.72. The number of hydrogen-bond donors (Lipinski definition) is 1. The normalized spacial score (nSPS) is 14.6. The lowest BCUT2D eigenvalue weighted by atomic mass is 10.1. The molecule has 3 rings (SSSR count). The summed E-state index contributed by atoms with van der Waals surface area (Å²) < 4.78 is 31.9. The van der Waals surface area contributed by atoms with Crippen molar-refractivity contribution in [2.45, 2.75) is 43.9 Å². The Morgan fingerprint density at radius 2 is 2.15 bits per heavy atom. The van der Waals surface area contributed by atoms with Gasteiger partial charge in [-0.2, -0.15) is 5.26 Å². The summed E-state index contributed by atoms with van der Waals surface area (Å²) in [7, 11) is 1.54.